The fourth-order valence-corrected chi connectivity index (χ4v) is 8.40. The molecule has 2 atom stereocenters. The van der Waals surface area contributed by atoms with Gasteiger partial charge in [-0.15, -0.1) is 0 Å². The molecule has 0 bridgehead atoms. The van der Waals surface area contributed by atoms with Crippen molar-refractivity contribution < 1.29 is 38.1 Å². The smallest absolute Gasteiger partial charge is 0.419 e. The summed E-state index contributed by atoms with van der Waals surface area (Å²) in [6, 6.07) is 11.7. The number of ether oxygens (including phenoxy) is 2. The summed E-state index contributed by atoms with van der Waals surface area (Å²) in [5.74, 6) is -1.18. The van der Waals surface area contributed by atoms with Crippen molar-refractivity contribution in [2.45, 2.75) is 90.6 Å². The highest BCUT2D eigenvalue weighted by Gasteiger charge is 2.58. The number of nitrogens with zero attached hydrogens (tertiary/aromatic N) is 3. The van der Waals surface area contributed by atoms with E-state index in [1.807, 2.05) is 41.3 Å². The number of amides is 2. The third-order valence-corrected chi connectivity index (χ3v) is 10.7. The molecule has 0 spiro atoms. The number of aromatic nitrogens is 1. The second-order valence-electron chi connectivity index (χ2n) is 13.3. The predicted molar refractivity (Wildman–Crippen MR) is 172 cm³/mol. The summed E-state index contributed by atoms with van der Waals surface area (Å²) in [5.41, 5.74) is 1.28. The van der Waals surface area contributed by atoms with Crippen molar-refractivity contribution in [3.63, 3.8) is 0 Å². The maximum atomic E-state index is 14.3. The van der Waals surface area contributed by atoms with Gasteiger partial charge in [0.2, 0.25) is 7.37 Å². The van der Waals surface area contributed by atoms with Crippen LogP contribution in [0.3, 0.4) is 0 Å². The quantitative estimate of drug-likeness (QED) is 0.200. The molecule has 45 heavy (non-hydrogen) atoms. The number of carboxylic acid groups (broad SMARTS) is 1. The molecule has 0 aliphatic carbocycles. The fourth-order valence-electron chi connectivity index (χ4n) is 5.43. The molecule has 1 unspecified atom stereocenters. The zero-order valence-electron chi connectivity index (χ0n) is 27.6. The standard InChI is InChI=1S/C33H48N3O8P/c1-8-42-45(41)21-20-35(23-26-14-9-10-16-27(26)25-15-13-18-34-22-25)24-33(45,28(37)38)17-11-12-19-36(29(39)43-31(2,3)4)30(40)44-32(5,6)7/h9-10,13-16,18,22H,8,11-12,17,19-21,23-24H2,1-7H3,(H,37,38)/t33-,45?/m0/s1. The van der Waals surface area contributed by atoms with Crippen molar-refractivity contribution in [1.82, 2.24) is 14.8 Å². The van der Waals surface area contributed by atoms with Gasteiger partial charge in [-0.2, -0.15) is 0 Å². The summed E-state index contributed by atoms with van der Waals surface area (Å²) in [4.78, 5) is 46.1. The van der Waals surface area contributed by atoms with Gasteiger partial charge in [-0.1, -0.05) is 30.3 Å². The Hall–Kier alpha value is -3.27. The second kappa shape index (κ2) is 14.9. The largest absolute Gasteiger partial charge is 0.480 e. The Morgan fingerprint density at radius 3 is 2.20 bits per heavy atom. The Morgan fingerprint density at radius 1 is 1.00 bits per heavy atom. The number of carbonyl (C=O) groups excluding carboxylic acids is 2. The van der Waals surface area contributed by atoms with E-state index in [1.165, 1.54) is 0 Å². The van der Waals surface area contributed by atoms with E-state index in [4.69, 9.17) is 14.0 Å². The maximum absolute atomic E-state index is 14.3. The van der Waals surface area contributed by atoms with E-state index in [9.17, 15) is 24.1 Å². The molecule has 11 nitrogen and oxygen atoms in total. The average Bonchev–Trinajstić information content (AvgIpc) is 2.93. The molecule has 248 valence electrons. The average molecular weight is 646 g/mol. The van der Waals surface area contributed by atoms with Crippen LogP contribution in [-0.2, 0) is 29.9 Å². The van der Waals surface area contributed by atoms with Gasteiger partial charge in [0, 0.05) is 50.3 Å². The van der Waals surface area contributed by atoms with Crippen LogP contribution in [-0.4, -0.2) is 86.8 Å². The molecule has 2 amide bonds. The molecule has 1 aromatic carbocycles. The molecule has 1 saturated heterocycles. The van der Waals surface area contributed by atoms with Gasteiger partial charge >= 0.3 is 18.2 Å². The van der Waals surface area contributed by atoms with Crippen LogP contribution in [0.25, 0.3) is 11.1 Å². The van der Waals surface area contributed by atoms with Gasteiger partial charge < -0.3 is 19.1 Å². The number of pyridine rings is 1. The molecule has 0 radical (unpaired) electrons. The number of imide groups is 1. The molecule has 3 rings (SSSR count). The molecule has 1 aliphatic heterocycles. The van der Waals surface area contributed by atoms with E-state index >= 15 is 0 Å². The van der Waals surface area contributed by atoms with Crippen LogP contribution in [0.1, 0.15) is 73.3 Å². The molecular weight excluding hydrogens is 597 g/mol. The van der Waals surface area contributed by atoms with Crippen LogP contribution < -0.4 is 0 Å². The molecule has 1 aliphatic rings. The van der Waals surface area contributed by atoms with E-state index in [0.717, 1.165) is 21.6 Å². The minimum atomic E-state index is -3.63. The monoisotopic (exact) mass is 645 g/mol. The molecule has 0 saturated carbocycles. The predicted octanol–water partition coefficient (Wildman–Crippen LogP) is 7.04. The second-order valence-corrected chi connectivity index (χ2v) is 16.2. The third-order valence-electron chi connectivity index (χ3n) is 7.42. The highest BCUT2D eigenvalue weighted by atomic mass is 31.2. The summed E-state index contributed by atoms with van der Waals surface area (Å²) in [6.45, 7) is 12.9. The SMILES string of the molecule is CCOP1(=O)CCN(Cc2ccccc2-c2cccnc2)C[C@@]1(CCCCN(C(=O)OC(C)(C)C)C(=O)OC(C)(C)C)C(=O)O. The number of hydrogen-bond acceptors (Lipinski definition) is 9. The molecular formula is C33H48N3O8P. The van der Waals surface area contributed by atoms with Crippen LogP contribution >= 0.6 is 7.37 Å². The summed E-state index contributed by atoms with van der Waals surface area (Å²) in [6.07, 6.45) is 2.47. The molecule has 2 heterocycles. The Labute approximate surface area is 266 Å². The van der Waals surface area contributed by atoms with Crippen molar-refractivity contribution in [3.8, 4) is 11.1 Å². The van der Waals surface area contributed by atoms with E-state index in [0.29, 0.717) is 13.1 Å². The molecule has 1 aromatic heterocycles. The highest BCUT2D eigenvalue weighted by molar-refractivity contribution is 7.62. The lowest BCUT2D eigenvalue weighted by Gasteiger charge is -2.45. The lowest BCUT2D eigenvalue weighted by atomic mass is 9.97. The topological polar surface area (TPSA) is 136 Å². The van der Waals surface area contributed by atoms with Gasteiger partial charge in [-0.3, -0.25) is 19.2 Å². The first-order valence-corrected chi connectivity index (χ1v) is 17.2. The van der Waals surface area contributed by atoms with Crippen molar-refractivity contribution in [3.05, 3.63) is 54.4 Å². The number of hydrogen-bond donors (Lipinski definition) is 1. The van der Waals surface area contributed by atoms with Crippen molar-refractivity contribution in [2.24, 2.45) is 0 Å². The maximum Gasteiger partial charge on any atom is 0.419 e. The number of benzene rings is 1. The van der Waals surface area contributed by atoms with Crippen molar-refractivity contribution in [2.75, 3.05) is 32.4 Å². The molecule has 12 heteroatoms. The van der Waals surface area contributed by atoms with Crippen LogP contribution in [0.4, 0.5) is 9.59 Å². The molecule has 1 N–H and O–H groups in total. The summed E-state index contributed by atoms with van der Waals surface area (Å²) in [7, 11) is -3.63. The minimum absolute atomic E-state index is 0.0306. The van der Waals surface area contributed by atoms with Crippen LogP contribution in [0, 0.1) is 0 Å². The summed E-state index contributed by atoms with van der Waals surface area (Å²) < 4.78 is 30.9. The van der Waals surface area contributed by atoms with E-state index in [-0.39, 0.29) is 45.1 Å². The molecule has 2 aromatic rings. The Bertz CT molecular complexity index is 1340. The first-order chi connectivity index (χ1) is 21.0. The normalized spacial score (nSPS) is 20.8. The number of carbonyl (C=O) groups is 3. The number of unbranched alkanes of at least 4 members (excludes halogenated alkanes) is 1. The van der Waals surface area contributed by atoms with E-state index < -0.39 is 41.9 Å². The van der Waals surface area contributed by atoms with Crippen molar-refractivity contribution in [1.29, 1.82) is 0 Å². The Morgan fingerprint density at radius 2 is 1.64 bits per heavy atom. The van der Waals surface area contributed by atoms with Crippen LogP contribution in [0.15, 0.2) is 48.8 Å². The van der Waals surface area contributed by atoms with Crippen molar-refractivity contribution >= 4 is 25.5 Å². The van der Waals surface area contributed by atoms with Gasteiger partial charge in [-0.25, -0.2) is 14.5 Å². The first kappa shape index (κ1) is 36.2. The lowest BCUT2D eigenvalue weighted by molar-refractivity contribution is -0.141. The van der Waals surface area contributed by atoms with E-state index in [2.05, 4.69) is 4.98 Å². The van der Waals surface area contributed by atoms with Gasteiger partial charge in [0.15, 0.2) is 5.16 Å². The number of carboxylic acids is 1. The van der Waals surface area contributed by atoms with Gasteiger partial charge in [-0.05, 0) is 84.9 Å². The fraction of sp³-hybridized carbons (Fsp3) is 0.576. The zero-order chi connectivity index (χ0) is 33.5. The van der Waals surface area contributed by atoms with Gasteiger partial charge in [0.05, 0.1) is 6.61 Å². The number of aliphatic carboxylic acids is 1. The summed E-state index contributed by atoms with van der Waals surface area (Å²) in [5, 5.41) is 9.00. The first-order valence-electron chi connectivity index (χ1n) is 15.4. The van der Waals surface area contributed by atoms with Crippen LogP contribution in [0.2, 0.25) is 0 Å². The number of rotatable bonds is 11. The van der Waals surface area contributed by atoms with Crippen LogP contribution in [0.5, 0.6) is 0 Å². The van der Waals surface area contributed by atoms with Gasteiger partial charge in [0.1, 0.15) is 11.2 Å². The highest BCUT2D eigenvalue weighted by Crippen LogP contribution is 2.63. The third kappa shape index (κ3) is 9.61. The Balaban J connectivity index is 1.82. The summed E-state index contributed by atoms with van der Waals surface area (Å²) >= 11 is 0. The Kier molecular flexibility index (Phi) is 12.0. The lowest BCUT2D eigenvalue weighted by Crippen LogP contribution is -2.54. The minimum Gasteiger partial charge on any atom is -0.480 e. The zero-order valence-corrected chi connectivity index (χ0v) is 28.5. The van der Waals surface area contributed by atoms with Gasteiger partial charge in [0.25, 0.3) is 0 Å². The van der Waals surface area contributed by atoms with E-state index in [1.54, 1.807) is 60.9 Å². The molecule has 1 fully saturated rings.